The van der Waals surface area contributed by atoms with Gasteiger partial charge in [-0.25, -0.2) is 4.68 Å². The van der Waals surface area contributed by atoms with Gasteiger partial charge in [-0.3, -0.25) is 9.59 Å². The van der Waals surface area contributed by atoms with E-state index in [0.29, 0.717) is 11.9 Å². The van der Waals surface area contributed by atoms with Crippen LogP contribution in [0.3, 0.4) is 0 Å². The van der Waals surface area contributed by atoms with E-state index in [-0.39, 0.29) is 24.1 Å². The van der Waals surface area contributed by atoms with Crippen molar-refractivity contribution in [2.24, 2.45) is 0 Å². The fraction of sp³-hybridized carbons (Fsp3) is 0.250. The van der Waals surface area contributed by atoms with Crippen LogP contribution in [0.4, 0.5) is 0 Å². The SMILES string of the molecule is Cc1ccc(CN(C(=O)Cn2nc(C)c3ccccc3c2=O)C2CCc3ccccc32)cc1. The van der Waals surface area contributed by atoms with Crippen LogP contribution in [-0.2, 0) is 24.3 Å². The van der Waals surface area contributed by atoms with Crippen molar-refractivity contribution in [3.05, 3.63) is 111 Å². The summed E-state index contributed by atoms with van der Waals surface area (Å²) in [7, 11) is 0. The van der Waals surface area contributed by atoms with Gasteiger partial charge in [-0.15, -0.1) is 0 Å². The first kappa shape index (κ1) is 21.1. The summed E-state index contributed by atoms with van der Waals surface area (Å²) in [5.74, 6) is -0.0958. The molecular formula is C28H27N3O2. The Balaban J connectivity index is 1.51. The molecular weight excluding hydrogens is 410 g/mol. The van der Waals surface area contributed by atoms with Gasteiger partial charge in [0.25, 0.3) is 5.56 Å². The number of hydrogen-bond acceptors (Lipinski definition) is 3. The smallest absolute Gasteiger partial charge is 0.275 e. The maximum atomic E-state index is 13.7. The molecule has 5 nitrogen and oxygen atoms in total. The van der Waals surface area contributed by atoms with E-state index in [0.717, 1.165) is 29.5 Å². The zero-order valence-electron chi connectivity index (χ0n) is 19.0. The van der Waals surface area contributed by atoms with Gasteiger partial charge in [0.05, 0.1) is 17.1 Å². The monoisotopic (exact) mass is 437 g/mol. The van der Waals surface area contributed by atoms with Crippen LogP contribution in [-0.4, -0.2) is 20.6 Å². The van der Waals surface area contributed by atoms with Crippen LogP contribution in [0, 0.1) is 13.8 Å². The lowest BCUT2D eigenvalue weighted by molar-refractivity contribution is -0.135. The van der Waals surface area contributed by atoms with Gasteiger partial charge in [0.2, 0.25) is 5.91 Å². The number of benzene rings is 3. The van der Waals surface area contributed by atoms with Crippen molar-refractivity contribution in [2.75, 3.05) is 0 Å². The summed E-state index contributed by atoms with van der Waals surface area (Å²) in [6.45, 7) is 4.36. The van der Waals surface area contributed by atoms with Gasteiger partial charge >= 0.3 is 0 Å². The second kappa shape index (κ2) is 8.66. The molecule has 1 atom stereocenters. The Morgan fingerprint density at radius 2 is 1.67 bits per heavy atom. The van der Waals surface area contributed by atoms with Crippen molar-refractivity contribution < 1.29 is 4.79 Å². The number of nitrogens with zero attached hydrogens (tertiary/aromatic N) is 3. The first-order valence-electron chi connectivity index (χ1n) is 11.4. The second-order valence-electron chi connectivity index (χ2n) is 8.85. The molecule has 5 rings (SSSR count). The molecule has 4 aromatic rings. The molecule has 3 aromatic carbocycles. The molecule has 1 aromatic heterocycles. The number of amides is 1. The minimum atomic E-state index is -0.230. The summed E-state index contributed by atoms with van der Waals surface area (Å²) >= 11 is 0. The number of hydrogen-bond donors (Lipinski definition) is 0. The summed E-state index contributed by atoms with van der Waals surface area (Å²) in [4.78, 5) is 28.7. The number of fused-ring (bicyclic) bond motifs is 2. The minimum Gasteiger partial charge on any atom is -0.330 e. The Morgan fingerprint density at radius 3 is 2.45 bits per heavy atom. The van der Waals surface area contributed by atoms with E-state index < -0.39 is 0 Å². The molecule has 1 aliphatic carbocycles. The standard InChI is InChI=1S/C28H27N3O2/c1-19-11-13-21(14-12-19)17-30(26-16-15-22-7-3-4-9-24(22)26)27(32)18-31-28(33)25-10-6-5-8-23(25)20(2)29-31/h3-14,26H,15-18H2,1-2H3. The van der Waals surface area contributed by atoms with Gasteiger partial charge in [0.1, 0.15) is 6.54 Å². The lowest BCUT2D eigenvalue weighted by Crippen LogP contribution is -2.39. The Morgan fingerprint density at radius 1 is 0.970 bits per heavy atom. The van der Waals surface area contributed by atoms with Crippen molar-refractivity contribution in [2.45, 2.75) is 45.8 Å². The second-order valence-corrected chi connectivity index (χ2v) is 8.85. The maximum absolute atomic E-state index is 13.7. The summed E-state index contributed by atoms with van der Waals surface area (Å²) in [6, 6.07) is 24.0. The van der Waals surface area contributed by atoms with Crippen molar-refractivity contribution in [3.63, 3.8) is 0 Å². The number of aryl methyl sites for hydroxylation is 3. The summed E-state index contributed by atoms with van der Waals surface area (Å²) in [5, 5.41) is 5.89. The highest BCUT2D eigenvalue weighted by molar-refractivity contribution is 5.84. The van der Waals surface area contributed by atoms with Gasteiger partial charge in [-0.1, -0.05) is 72.3 Å². The normalized spacial score (nSPS) is 14.9. The van der Waals surface area contributed by atoms with E-state index in [1.165, 1.54) is 21.4 Å². The van der Waals surface area contributed by atoms with Crippen LogP contribution < -0.4 is 5.56 Å². The van der Waals surface area contributed by atoms with E-state index in [1.54, 1.807) is 6.07 Å². The predicted molar refractivity (Wildman–Crippen MR) is 130 cm³/mol. The van der Waals surface area contributed by atoms with E-state index in [2.05, 4.69) is 54.5 Å². The molecule has 1 aliphatic rings. The molecule has 0 saturated carbocycles. The first-order chi connectivity index (χ1) is 16.0. The fourth-order valence-electron chi connectivity index (χ4n) is 4.85. The molecule has 0 fully saturated rings. The molecule has 1 heterocycles. The van der Waals surface area contributed by atoms with Crippen LogP contribution in [0.15, 0.2) is 77.6 Å². The molecule has 33 heavy (non-hydrogen) atoms. The van der Waals surface area contributed by atoms with Gasteiger partial charge in [-0.2, -0.15) is 5.10 Å². The van der Waals surface area contributed by atoms with Crippen molar-refractivity contribution in [3.8, 4) is 0 Å². The molecule has 1 amide bonds. The summed E-state index contributed by atoms with van der Waals surface area (Å²) < 4.78 is 1.32. The third-order valence-corrected chi connectivity index (χ3v) is 6.61. The van der Waals surface area contributed by atoms with Gasteiger partial charge in [0, 0.05) is 11.9 Å². The number of rotatable bonds is 5. The average molecular weight is 438 g/mol. The zero-order chi connectivity index (χ0) is 22.9. The zero-order valence-corrected chi connectivity index (χ0v) is 19.0. The molecule has 166 valence electrons. The van der Waals surface area contributed by atoms with Crippen molar-refractivity contribution in [1.29, 1.82) is 0 Å². The minimum absolute atomic E-state index is 0.00717. The van der Waals surface area contributed by atoms with E-state index in [4.69, 9.17) is 0 Å². The van der Waals surface area contributed by atoms with Crippen LogP contribution in [0.5, 0.6) is 0 Å². The molecule has 0 N–H and O–H groups in total. The molecule has 0 radical (unpaired) electrons. The average Bonchev–Trinajstić information content (AvgIpc) is 3.26. The third kappa shape index (κ3) is 4.07. The van der Waals surface area contributed by atoms with Gasteiger partial charge in [-0.05, 0) is 49.4 Å². The first-order valence-corrected chi connectivity index (χ1v) is 11.4. The lowest BCUT2D eigenvalue weighted by Gasteiger charge is -2.30. The Bertz CT molecular complexity index is 1390. The lowest BCUT2D eigenvalue weighted by atomic mass is 10.1. The van der Waals surface area contributed by atoms with Crippen molar-refractivity contribution >= 4 is 16.7 Å². The molecule has 0 bridgehead atoms. The molecule has 1 unspecified atom stereocenters. The topological polar surface area (TPSA) is 55.2 Å². The number of carbonyl (C=O) groups excluding carboxylic acids is 1. The van der Waals surface area contributed by atoms with Crippen LogP contribution >= 0.6 is 0 Å². The van der Waals surface area contributed by atoms with Crippen LogP contribution in [0.1, 0.15) is 40.4 Å². The van der Waals surface area contributed by atoms with E-state index in [9.17, 15) is 9.59 Å². The molecule has 0 saturated heterocycles. The fourth-order valence-corrected chi connectivity index (χ4v) is 4.85. The summed E-state index contributed by atoms with van der Waals surface area (Å²) in [5.41, 5.74) is 5.27. The molecule has 0 spiro atoms. The Labute approximate surface area is 193 Å². The number of carbonyl (C=O) groups is 1. The quantitative estimate of drug-likeness (QED) is 0.454. The highest BCUT2D eigenvalue weighted by atomic mass is 16.2. The maximum Gasteiger partial charge on any atom is 0.275 e. The van der Waals surface area contributed by atoms with Crippen LogP contribution in [0.2, 0.25) is 0 Å². The van der Waals surface area contributed by atoms with Gasteiger partial charge in [0.15, 0.2) is 0 Å². The Hall–Kier alpha value is -3.73. The largest absolute Gasteiger partial charge is 0.330 e. The molecule has 0 aliphatic heterocycles. The van der Waals surface area contributed by atoms with E-state index in [1.807, 2.05) is 36.1 Å². The third-order valence-electron chi connectivity index (χ3n) is 6.61. The molecule has 5 heteroatoms. The van der Waals surface area contributed by atoms with Crippen molar-refractivity contribution in [1.82, 2.24) is 14.7 Å². The van der Waals surface area contributed by atoms with E-state index >= 15 is 0 Å². The van der Waals surface area contributed by atoms with Crippen LogP contribution in [0.25, 0.3) is 10.8 Å². The highest BCUT2D eigenvalue weighted by Crippen LogP contribution is 2.36. The summed E-state index contributed by atoms with van der Waals surface area (Å²) in [6.07, 6.45) is 1.84. The Kier molecular flexibility index (Phi) is 5.55. The number of aromatic nitrogens is 2. The predicted octanol–water partition coefficient (Wildman–Crippen LogP) is 4.73. The van der Waals surface area contributed by atoms with Gasteiger partial charge < -0.3 is 4.90 Å². The highest BCUT2D eigenvalue weighted by Gasteiger charge is 2.31.